The summed E-state index contributed by atoms with van der Waals surface area (Å²) >= 11 is 6.28. The maximum Gasteiger partial charge on any atom is 0.491 e. The van der Waals surface area contributed by atoms with Gasteiger partial charge in [0.2, 0.25) is 0 Å². The molecule has 0 aliphatic heterocycles. The third-order valence-corrected chi connectivity index (χ3v) is 5.43. The Bertz CT molecular complexity index is 1510. The number of esters is 1. The number of anilines is 1. The number of ether oxygens (including phenoxy) is 2. The lowest BCUT2D eigenvalue weighted by Crippen LogP contribution is -2.28. The van der Waals surface area contributed by atoms with Crippen molar-refractivity contribution in [2.75, 3.05) is 5.32 Å². The Morgan fingerprint density at radius 3 is 2.56 bits per heavy atom. The first-order chi connectivity index (χ1) is 18.5. The smallest absolute Gasteiger partial charge is 0.487 e. The fraction of sp³-hybridized carbons (Fsp3) is 0.120. The molecular formula is C25H16ClF5N4O4. The van der Waals surface area contributed by atoms with Gasteiger partial charge < -0.3 is 14.8 Å². The number of halogens is 6. The second-order valence-electron chi connectivity index (χ2n) is 7.84. The predicted molar refractivity (Wildman–Crippen MR) is 127 cm³/mol. The lowest BCUT2D eigenvalue weighted by atomic mass is 10.1. The van der Waals surface area contributed by atoms with Crippen molar-refractivity contribution >= 4 is 29.3 Å². The first-order valence-electron chi connectivity index (χ1n) is 10.9. The van der Waals surface area contributed by atoms with E-state index in [-0.39, 0.29) is 19.0 Å². The Morgan fingerprint density at radius 1 is 1.05 bits per heavy atom. The van der Waals surface area contributed by atoms with E-state index in [1.54, 1.807) is 36.5 Å². The van der Waals surface area contributed by atoms with Crippen LogP contribution in [0.25, 0.3) is 0 Å². The summed E-state index contributed by atoms with van der Waals surface area (Å²) in [5.74, 6) is -8.18. The van der Waals surface area contributed by atoms with Crippen LogP contribution in [0.5, 0.6) is 11.5 Å². The standard InChI is InChI=1S/C25H16ClF5N4O4/c26-17-5-4-16(38-13-15-3-1-2-9-32-15)11-14(17)12-35-10-8-20(34-35)33-23(36)21-18(27)6-7-19(22(21)28)39-24(37)25(29,30)31/h1-11H,12-13H2,(H,33,34,36). The van der Waals surface area contributed by atoms with Crippen LogP contribution < -0.4 is 14.8 Å². The monoisotopic (exact) mass is 566 g/mol. The number of amides is 1. The van der Waals surface area contributed by atoms with Gasteiger partial charge in [0.15, 0.2) is 17.4 Å². The molecule has 1 N–H and O–H groups in total. The molecule has 0 saturated heterocycles. The predicted octanol–water partition coefficient (Wildman–Crippen LogP) is 5.56. The molecule has 0 spiro atoms. The largest absolute Gasteiger partial charge is 0.491 e. The molecule has 0 unspecified atom stereocenters. The molecule has 202 valence electrons. The Hall–Kier alpha value is -4.52. The summed E-state index contributed by atoms with van der Waals surface area (Å²) in [5, 5.41) is 6.64. The molecular weight excluding hydrogens is 551 g/mol. The highest BCUT2D eigenvalue weighted by atomic mass is 35.5. The Kier molecular flexibility index (Phi) is 8.10. The second kappa shape index (κ2) is 11.5. The van der Waals surface area contributed by atoms with Crippen LogP contribution in [0.4, 0.5) is 27.8 Å². The van der Waals surface area contributed by atoms with E-state index in [4.69, 9.17) is 16.3 Å². The average Bonchev–Trinajstić information content (AvgIpc) is 3.32. The number of carbonyl (C=O) groups is 2. The van der Waals surface area contributed by atoms with Crippen molar-refractivity contribution in [2.45, 2.75) is 19.3 Å². The molecule has 0 atom stereocenters. The zero-order valence-corrected chi connectivity index (χ0v) is 20.3. The molecule has 2 aromatic carbocycles. The highest BCUT2D eigenvalue weighted by Crippen LogP contribution is 2.27. The van der Waals surface area contributed by atoms with E-state index in [2.05, 4.69) is 20.1 Å². The molecule has 14 heteroatoms. The van der Waals surface area contributed by atoms with Gasteiger partial charge in [-0.15, -0.1) is 0 Å². The van der Waals surface area contributed by atoms with Gasteiger partial charge in [-0.2, -0.15) is 18.3 Å². The van der Waals surface area contributed by atoms with E-state index in [0.29, 0.717) is 28.5 Å². The molecule has 4 aromatic rings. The number of hydrogen-bond donors (Lipinski definition) is 1. The summed E-state index contributed by atoms with van der Waals surface area (Å²) in [6.07, 6.45) is -2.34. The van der Waals surface area contributed by atoms with Crippen LogP contribution in [0.15, 0.2) is 67.0 Å². The first kappa shape index (κ1) is 27.5. The molecule has 39 heavy (non-hydrogen) atoms. The lowest BCUT2D eigenvalue weighted by molar-refractivity contribution is -0.189. The van der Waals surface area contributed by atoms with E-state index in [0.717, 1.165) is 5.69 Å². The number of alkyl halides is 3. The number of aromatic nitrogens is 3. The van der Waals surface area contributed by atoms with Crippen LogP contribution >= 0.6 is 11.6 Å². The summed E-state index contributed by atoms with van der Waals surface area (Å²) in [4.78, 5) is 27.7. The van der Waals surface area contributed by atoms with Crippen LogP contribution in [0, 0.1) is 11.6 Å². The van der Waals surface area contributed by atoms with E-state index < -0.39 is 41.0 Å². The normalized spacial score (nSPS) is 11.2. The summed E-state index contributed by atoms with van der Waals surface area (Å²) < 4.78 is 77.1. The fourth-order valence-electron chi connectivity index (χ4n) is 3.25. The van der Waals surface area contributed by atoms with Crippen molar-refractivity contribution in [1.82, 2.24) is 14.8 Å². The molecule has 8 nitrogen and oxygen atoms in total. The quantitative estimate of drug-likeness (QED) is 0.171. The molecule has 0 aliphatic rings. The number of rotatable bonds is 8. The number of benzene rings is 2. The third-order valence-electron chi connectivity index (χ3n) is 5.06. The summed E-state index contributed by atoms with van der Waals surface area (Å²) in [6, 6.07) is 12.7. The van der Waals surface area contributed by atoms with Crippen molar-refractivity contribution in [3.63, 3.8) is 0 Å². The number of nitrogens with one attached hydrogen (secondary N) is 1. The molecule has 2 heterocycles. The van der Waals surface area contributed by atoms with Crippen LogP contribution in [-0.2, 0) is 17.9 Å². The Balaban J connectivity index is 1.45. The summed E-state index contributed by atoms with van der Waals surface area (Å²) in [6.45, 7) is 0.352. The van der Waals surface area contributed by atoms with Gasteiger partial charge in [-0.1, -0.05) is 17.7 Å². The van der Waals surface area contributed by atoms with Crippen molar-refractivity contribution in [2.24, 2.45) is 0 Å². The van der Waals surface area contributed by atoms with Gasteiger partial charge >= 0.3 is 12.1 Å². The number of pyridine rings is 1. The van der Waals surface area contributed by atoms with Gasteiger partial charge in [-0.05, 0) is 48.0 Å². The Morgan fingerprint density at radius 2 is 1.85 bits per heavy atom. The molecule has 1 amide bonds. The van der Waals surface area contributed by atoms with Crippen molar-refractivity contribution in [3.8, 4) is 11.5 Å². The van der Waals surface area contributed by atoms with Crippen LogP contribution in [0.1, 0.15) is 21.6 Å². The van der Waals surface area contributed by atoms with Crippen LogP contribution in [0.3, 0.4) is 0 Å². The minimum absolute atomic E-state index is 0.126. The summed E-state index contributed by atoms with van der Waals surface area (Å²) in [7, 11) is 0. The molecule has 0 aliphatic carbocycles. The maximum atomic E-state index is 14.6. The second-order valence-corrected chi connectivity index (χ2v) is 8.24. The fourth-order valence-corrected chi connectivity index (χ4v) is 3.43. The third kappa shape index (κ3) is 6.87. The topological polar surface area (TPSA) is 95.3 Å². The SMILES string of the molecule is O=C(Nc1ccn(Cc2cc(OCc3ccccn3)ccc2Cl)n1)c1c(F)ccc(OC(=O)C(F)(F)F)c1F. The van der Waals surface area contributed by atoms with Crippen LogP contribution in [-0.4, -0.2) is 32.8 Å². The molecule has 0 saturated carbocycles. The van der Waals surface area contributed by atoms with Crippen LogP contribution in [0.2, 0.25) is 5.02 Å². The molecule has 4 rings (SSSR count). The highest BCUT2D eigenvalue weighted by Gasteiger charge is 2.42. The van der Waals surface area contributed by atoms with Crippen molar-refractivity contribution < 1.29 is 41.0 Å². The molecule has 2 aromatic heterocycles. The maximum absolute atomic E-state index is 14.6. The van der Waals surface area contributed by atoms with Gasteiger partial charge in [-0.3, -0.25) is 14.5 Å². The zero-order chi connectivity index (χ0) is 28.2. The van der Waals surface area contributed by atoms with Gasteiger partial charge in [0.1, 0.15) is 23.7 Å². The minimum Gasteiger partial charge on any atom is -0.487 e. The van der Waals surface area contributed by atoms with Gasteiger partial charge in [0.05, 0.1) is 12.2 Å². The number of nitrogens with zero attached hydrogens (tertiary/aromatic N) is 3. The number of carbonyl (C=O) groups excluding carboxylic acids is 2. The first-order valence-corrected chi connectivity index (χ1v) is 11.3. The van der Waals surface area contributed by atoms with E-state index in [1.165, 1.54) is 16.9 Å². The van der Waals surface area contributed by atoms with Crippen molar-refractivity contribution in [1.29, 1.82) is 0 Å². The average molecular weight is 567 g/mol. The van der Waals surface area contributed by atoms with Gasteiger partial charge in [0.25, 0.3) is 5.91 Å². The van der Waals surface area contributed by atoms with E-state index >= 15 is 0 Å². The van der Waals surface area contributed by atoms with Crippen molar-refractivity contribution in [3.05, 3.63) is 100 Å². The van der Waals surface area contributed by atoms with Gasteiger partial charge in [0, 0.05) is 23.5 Å². The van der Waals surface area contributed by atoms with E-state index in [9.17, 15) is 31.5 Å². The number of hydrogen-bond acceptors (Lipinski definition) is 6. The van der Waals surface area contributed by atoms with E-state index in [1.807, 2.05) is 6.07 Å². The lowest BCUT2D eigenvalue weighted by Gasteiger charge is -2.11. The molecule has 0 fully saturated rings. The molecule has 0 bridgehead atoms. The minimum atomic E-state index is -5.43. The summed E-state index contributed by atoms with van der Waals surface area (Å²) in [5.41, 5.74) is 0.0589. The molecule has 0 radical (unpaired) electrons. The van der Waals surface area contributed by atoms with Gasteiger partial charge in [-0.25, -0.2) is 13.6 Å². The highest BCUT2D eigenvalue weighted by molar-refractivity contribution is 6.31. The Labute approximate surface area is 221 Å². The zero-order valence-electron chi connectivity index (χ0n) is 19.5.